The van der Waals surface area contributed by atoms with E-state index in [9.17, 15) is 4.79 Å². The van der Waals surface area contributed by atoms with E-state index in [0.717, 1.165) is 39.7 Å². The number of methoxy groups -OCH3 is 1. The monoisotopic (exact) mass is 435 g/mol. The van der Waals surface area contributed by atoms with Gasteiger partial charge in [0.15, 0.2) is 0 Å². The third-order valence-corrected chi connectivity index (χ3v) is 4.87. The number of nitrogens with zero attached hydrogens (tertiary/aromatic N) is 1. The zero-order valence-corrected chi connectivity index (χ0v) is 19.9. The van der Waals surface area contributed by atoms with Crippen molar-refractivity contribution in [2.75, 3.05) is 28.3 Å². The summed E-state index contributed by atoms with van der Waals surface area (Å²) >= 11 is 0. The molecule has 0 aliphatic carbocycles. The van der Waals surface area contributed by atoms with Gasteiger partial charge in [-0.25, -0.2) is 0 Å². The first-order chi connectivity index (χ1) is 15.3. The third kappa shape index (κ3) is 6.34. The molecule has 2 aromatic carbocycles. The first-order valence-corrected chi connectivity index (χ1v) is 10.4. The van der Waals surface area contributed by atoms with Crippen molar-refractivity contribution in [3.63, 3.8) is 0 Å². The number of benzene rings is 2. The van der Waals surface area contributed by atoms with E-state index in [1.807, 2.05) is 43.4 Å². The number of ether oxygens (including phenoxy) is 2. The molecule has 5 heteroatoms. The molecule has 0 aliphatic rings. The van der Waals surface area contributed by atoms with Gasteiger partial charge in [-0.15, -0.1) is 0 Å². The van der Waals surface area contributed by atoms with Crippen LogP contribution in [0.3, 0.4) is 0 Å². The molecular formula is C27H33NO4. The van der Waals surface area contributed by atoms with Gasteiger partial charge in [-0.05, 0) is 31.0 Å². The number of allylic oxidation sites excluding steroid dienone is 2. The highest BCUT2D eigenvalue weighted by Gasteiger charge is 2.15. The van der Waals surface area contributed by atoms with Gasteiger partial charge in [0.25, 0.3) is 0 Å². The summed E-state index contributed by atoms with van der Waals surface area (Å²) in [5, 5.41) is 0.914. The van der Waals surface area contributed by atoms with Crippen LogP contribution in [0.5, 0.6) is 5.75 Å². The predicted molar refractivity (Wildman–Crippen MR) is 131 cm³/mol. The number of fused-ring (bicyclic) bond motifs is 1. The van der Waals surface area contributed by atoms with Crippen molar-refractivity contribution in [3.8, 4) is 5.75 Å². The van der Waals surface area contributed by atoms with Gasteiger partial charge in [-0.1, -0.05) is 36.4 Å². The fourth-order valence-corrected chi connectivity index (χ4v) is 3.37. The van der Waals surface area contributed by atoms with E-state index in [0.29, 0.717) is 18.6 Å². The second-order valence-electron chi connectivity index (χ2n) is 7.86. The zero-order chi connectivity index (χ0) is 23.7. The van der Waals surface area contributed by atoms with Crippen LogP contribution in [-0.2, 0) is 22.6 Å². The Hall–Kier alpha value is -3.31. The maximum absolute atomic E-state index is 11.0. The molecule has 5 nitrogen and oxygen atoms in total. The minimum Gasteiger partial charge on any atom is -0.488 e. The van der Waals surface area contributed by atoms with Gasteiger partial charge in [0.1, 0.15) is 24.2 Å². The Balaban J connectivity index is 0.00000114. The molecule has 0 atom stereocenters. The van der Waals surface area contributed by atoms with Gasteiger partial charge in [0.05, 0.1) is 6.26 Å². The minimum atomic E-state index is 0.315. The van der Waals surface area contributed by atoms with Gasteiger partial charge in [-0.3, -0.25) is 0 Å². The lowest BCUT2D eigenvalue weighted by Crippen LogP contribution is -2.04. The highest BCUT2D eigenvalue weighted by molar-refractivity contribution is 5.91. The number of furan rings is 1. The number of carbonyl (C=O) groups is 1. The quantitative estimate of drug-likeness (QED) is 0.334. The molecule has 0 amide bonds. The molecule has 0 radical (unpaired) electrons. The van der Waals surface area contributed by atoms with Crippen LogP contribution in [0, 0.1) is 13.8 Å². The summed E-state index contributed by atoms with van der Waals surface area (Å²) in [5.74, 6) is 0.720. The standard InChI is InChI=1S/C25H27NO3.C2H6O/c1-6-19(14-26(4)5)22-12-23-21(9-10-27)16-29-25(23)13-24(22)28-15-20-8-7-17(2)11-18(20)3;1-3-2/h6-8,10-14,16H,1,9,15H2,2-5H3;1-2H3/b19-14+;. The first kappa shape index (κ1) is 25.0. The van der Waals surface area contributed by atoms with Crippen molar-refractivity contribution in [2.45, 2.75) is 26.9 Å². The van der Waals surface area contributed by atoms with Gasteiger partial charge in [0, 0.05) is 69.1 Å². The van der Waals surface area contributed by atoms with E-state index in [4.69, 9.17) is 9.15 Å². The lowest BCUT2D eigenvalue weighted by Gasteiger charge is -2.16. The van der Waals surface area contributed by atoms with E-state index in [1.54, 1.807) is 20.5 Å². The molecule has 1 aromatic heterocycles. The van der Waals surface area contributed by atoms with Gasteiger partial charge in [-0.2, -0.15) is 0 Å². The molecule has 0 bridgehead atoms. The van der Waals surface area contributed by atoms with Crippen LogP contribution < -0.4 is 4.74 Å². The number of hydrogen-bond donors (Lipinski definition) is 0. The summed E-state index contributed by atoms with van der Waals surface area (Å²) in [7, 11) is 7.18. The molecule has 1 heterocycles. The molecule has 0 unspecified atom stereocenters. The molecule has 0 spiro atoms. The normalized spacial score (nSPS) is 11.0. The zero-order valence-electron chi connectivity index (χ0n) is 19.9. The molecule has 3 rings (SSSR count). The number of hydrogen-bond acceptors (Lipinski definition) is 5. The molecule has 0 saturated carbocycles. The molecule has 0 saturated heterocycles. The summed E-state index contributed by atoms with van der Waals surface area (Å²) < 4.78 is 16.2. The van der Waals surface area contributed by atoms with E-state index >= 15 is 0 Å². The maximum atomic E-state index is 11.0. The smallest absolute Gasteiger partial charge is 0.137 e. The SMILES string of the molecule is C=C/C(=C\N(C)C)c1cc2c(CC=O)coc2cc1OCc1ccc(C)cc1C.COC. The predicted octanol–water partition coefficient (Wildman–Crippen LogP) is 5.72. The number of aldehydes is 1. The van der Waals surface area contributed by atoms with Crippen molar-refractivity contribution in [1.29, 1.82) is 0 Å². The van der Waals surface area contributed by atoms with Crippen LogP contribution in [0.1, 0.15) is 27.8 Å². The Bertz CT molecular complexity index is 1090. The van der Waals surface area contributed by atoms with E-state index in [2.05, 4.69) is 43.4 Å². The molecule has 3 aromatic rings. The summed E-state index contributed by atoms with van der Waals surface area (Å²) in [6, 6.07) is 10.3. The summed E-state index contributed by atoms with van der Waals surface area (Å²) in [5.41, 5.74) is 6.99. The summed E-state index contributed by atoms with van der Waals surface area (Å²) in [4.78, 5) is 13.0. The van der Waals surface area contributed by atoms with Gasteiger partial charge in [0.2, 0.25) is 0 Å². The topological polar surface area (TPSA) is 51.9 Å². The van der Waals surface area contributed by atoms with Crippen molar-refractivity contribution in [3.05, 3.63) is 83.3 Å². The van der Waals surface area contributed by atoms with E-state index in [-0.39, 0.29) is 0 Å². The van der Waals surface area contributed by atoms with Gasteiger partial charge < -0.3 is 23.6 Å². The largest absolute Gasteiger partial charge is 0.488 e. The van der Waals surface area contributed by atoms with Crippen LogP contribution in [0.25, 0.3) is 16.5 Å². The van der Waals surface area contributed by atoms with Crippen LogP contribution >= 0.6 is 0 Å². The molecule has 0 fully saturated rings. The molecule has 170 valence electrons. The second kappa shape index (κ2) is 11.9. The van der Waals surface area contributed by atoms with E-state index < -0.39 is 0 Å². The van der Waals surface area contributed by atoms with Crippen LogP contribution in [0.4, 0.5) is 0 Å². The van der Waals surface area contributed by atoms with Crippen molar-refractivity contribution in [2.24, 2.45) is 0 Å². The molecular weight excluding hydrogens is 402 g/mol. The Labute approximate surface area is 190 Å². The van der Waals surface area contributed by atoms with Crippen LogP contribution in [0.2, 0.25) is 0 Å². The lowest BCUT2D eigenvalue weighted by atomic mass is 10.0. The maximum Gasteiger partial charge on any atom is 0.137 e. The van der Waals surface area contributed by atoms with Crippen LogP contribution in [-0.4, -0.2) is 39.5 Å². The fraction of sp³-hybridized carbons (Fsp3) is 0.296. The number of rotatable bonds is 8. The molecule has 0 aliphatic heterocycles. The van der Waals surface area contributed by atoms with E-state index in [1.165, 1.54) is 11.1 Å². The van der Waals surface area contributed by atoms with Crippen molar-refractivity contribution >= 4 is 22.8 Å². The summed E-state index contributed by atoms with van der Waals surface area (Å²) in [6.07, 6.45) is 6.65. The second-order valence-corrected chi connectivity index (χ2v) is 7.86. The Kier molecular flexibility index (Phi) is 9.29. The Morgan fingerprint density at radius 1 is 1.12 bits per heavy atom. The Morgan fingerprint density at radius 3 is 2.44 bits per heavy atom. The Morgan fingerprint density at radius 2 is 1.84 bits per heavy atom. The van der Waals surface area contributed by atoms with Crippen molar-refractivity contribution < 1.29 is 18.7 Å². The highest BCUT2D eigenvalue weighted by Crippen LogP contribution is 2.35. The van der Waals surface area contributed by atoms with Gasteiger partial charge >= 0.3 is 0 Å². The number of carbonyl (C=O) groups excluding carboxylic acids is 1. The highest BCUT2D eigenvalue weighted by atomic mass is 16.5. The average molecular weight is 436 g/mol. The van der Waals surface area contributed by atoms with Crippen molar-refractivity contribution in [1.82, 2.24) is 4.90 Å². The summed E-state index contributed by atoms with van der Waals surface area (Å²) in [6.45, 7) is 8.60. The average Bonchev–Trinajstić information content (AvgIpc) is 3.13. The van der Waals surface area contributed by atoms with Crippen LogP contribution in [0.15, 0.2) is 59.9 Å². The molecule has 0 N–H and O–H groups in total. The fourth-order valence-electron chi connectivity index (χ4n) is 3.37. The lowest BCUT2D eigenvalue weighted by molar-refractivity contribution is -0.107. The number of aryl methyl sites for hydroxylation is 2. The third-order valence-electron chi connectivity index (χ3n) is 4.87. The molecule has 32 heavy (non-hydrogen) atoms. The minimum absolute atomic E-state index is 0.315. The first-order valence-electron chi connectivity index (χ1n) is 10.4.